The summed E-state index contributed by atoms with van der Waals surface area (Å²) >= 11 is 0. The zero-order valence-corrected chi connectivity index (χ0v) is 12.7. The van der Waals surface area contributed by atoms with Crippen LogP contribution >= 0.6 is 0 Å². The Morgan fingerprint density at radius 3 is 2.53 bits per heavy atom. The fraction of sp³-hybridized carbons (Fsp3) is 0.667. The number of rotatable bonds is 5. The summed E-state index contributed by atoms with van der Waals surface area (Å²) < 4.78 is 0. The van der Waals surface area contributed by atoms with E-state index in [2.05, 4.69) is 56.5 Å². The Kier molecular flexibility index (Phi) is 5.45. The van der Waals surface area contributed by atoms with Crippen molar-refractivity contribution in [3.05, 3.63) is 35.9 Å². The van der Waals surface area contributed by atoms with Crippen molar-refractivity contribution < 1.29 is 0 Å². The Balaban J connectivity index is 1.99. The Bertz CT molecular complexity index is 357. The molecule has 0 aliphatic heterocycles. The highest BCUT2D eigenvalue weighted by atomic mass is 14.9. The van der Waals surface area contributed by atoms with Gasteiger partial charge in [0.05, 0.1) is 0 Å². The molecule has 2 rings (SSSR count). The van der Waals surface area contributed by atoms with Crippen LogP contribution in [0.1, 0.15) is 57.4 Å². The lowest BCUT2D eigenvalue weighted by Crippen LogP contribution is -2.38. The van der Waals surface area contributed by atoms with Crippen LogP contribution < -0.4 is 5.32 Å². The van der Waals surface area contributed by atoms with Crippen molar-refractivity contribution >= 4 is 0 Å². The van der Waals surface area contributed by atoms with Gasteiger partial charge in [0, 0.05) is 6.04 Å². The van der Waals surface area contributed by atoms with Gasteiger partial charge in [-0.25, -0.2) is 0 Å². The molecule has 1 nitrogen and oxygen atoms in total. The zero-order chi connectivity index (χ0) is 13.7. The standard InChI is InChI=1S/C18H29N/c1-14(2)9-10-17-13-16(11-12-18(17)19-3)15-7-5-4-6-8-15/h4-8,14,16-19H,9-13H2,1-3H3. The van der Waals surface area contributed by atoms with Crippen LogP contribution in [0.15, 0.2) is 30.3 Å². The first kappa shape index (κ1) is 14.6. The van der Waals surface area contributed by atoms with Gasteiger partial charge in [0.15, 0.2) is 0 Å². The molecule has 1 N–H and O–H groups in total. The summed E-state index contributed by atoms with van der Waals surface area (Å²) in [6, 6.07) is 11.8. The molecule has 106 valence electrons. The van der Waals surface area contributed by atoms with Gasteiger partial charge in [-0.2, -0.15) is 0 Å². The summed E-state index contributed by atoms with van der Waals surface area (Å²) in [4.78, 5) is 0. The van der Waals surface area contributed by atoms with E-state index in [4.69, 9.17) is 0 Å². The van der Waals surface area contributed by atoms with Gasteiger partial charge in [0.25, 0.3) is 0 Å². The third-order valence-electron chi connectivity index (χ3n) is 4.74. The van der Waals surface area contributed by atoms with E-state index >= 15 is 0 Å². The first-order valence-electron chi connectivity index (χ1n) is 7.93. The van der Waals surface area contributed by atoms with E-state index < -0.39 is 0 Å². The van der Waals surface area contributed by atoms with Crippen molar-refractivity contribution in [1.29, 1.82) is 0 Å². The summed E-state index contributed by atoms with van der Waals surface area (Å²) in [5, 5.41) is 3.55. The van der Waals surface area contributed by atoms with Crippen LogP contribution in [0.5, 0.6) is 0 Å². The molecule has 3 unspecified atom stereocenters. The number of hydrogen-bond donors (Lipinski definition) is 1. The van der Waals surface area contributed by atoms with E-state index in [0.29, 0.717) is 0 Å². The second kappa shape index (κ2) is 7.09. The topological polar surface area (TPSA) is 12.0 Å². The lowest BCUT2D eigenvalue weighted by atomic mass is 9.73. The highest BCUT2D eigenvalue weighted by Crippen LogP contribution is 2.38. The van der Waals surface area contributed by atoms with Gasteiger partial charge in [0.1, 0.15) is 0 Å². The van der Waals surface area contributed by atoms with Crippen LogP contribution in [-0.4, -0.2) is 13.1 Å². The molecule has 0 spiro atoms. The van der Waals surface area contributed by atoms with E-state index in [9.17, 15) is 0 Å². The lowest BCUT2D eigenvalue weighted by molar-refractivity contribution is 0.226. The van der Waals surface area contributed by atoms with Gasteiger partial charge in [-0.1, -0.05) is 50.6 Å². The minimum absolute atomic E-state index is 0.735. The summed E-state index contributed by atoms with van der Waals surface area (Å²) in [5.74, 6) is 2.46. The van der Waals surface area contributed by atoms with Gasteiger partial charge in [-0.3, -0.25) is 0 Å². The van der Waals surface area contributed by atoms with Crippen LogP contribution in [0.3, 0.4) is 0 Å². The maximum absolute atomic E-state index is 3.55. The average molecular weight is 259 g/mol. The first-order chi connectivity index (χ1) is 9.20. The predicted octanol–water partition coefficient (Wildman–Crippen LogP) is 4.59. The highest BCUT2D eigenvalue weighted by molar-refractivity contribution is 5.20. The van der Waals surface area contributed by atoms with Crippen molar-refractivity contribution in [2.24, 2.45) is 11.8 Å². The Morgan fingerprint density at radius 2 is 1.89 bits per heavy atom. The second-order valence-electron chi connectivity index (χ2n) is 6.55. The minimum atomic E-state index is 0.735. The normalized spacial score (nSPS) is 27.7. The SMILES string of the molecule is CNC1CCC(c2ccccc2)CC1CCC(C)C. The van der Waals surface area contributed by atoms with Crippen LogP contribution in [0.2, 0.25) is 0 Å². The van der Waals surface area contributed by atoms with Gasteiger partial charge in [-0.15, -0.1) is 0 Å². The molecule has 1 aromatic carbocycles. The van der Waals surface area contributed by atoms with E-state index in [1.54, 1.807) is 5.56 Å². The molecule has 1 aromatic rings. The molecule has 19 heavy (non-hydrogen) atoms. The summed E-state index contributed by atoms with van der Waals surface area (Å²) in [7, 11) is 2.13. The van der Waals surface area contributed by atoms with Crippen molar-refractivity contribution in [3.63, 3.8) is 0 Å². The second-order valence-corrected chi connectivity index (χ2v) is 6.55. The van der Waals surface area contributed by atoms with Crippen molar-refractivity contribution in [1.82, 2.24) is 5.32 Å². The predicted molar refractivity (Wildman–Crippen MR) is 83.4 cm³/mol. The van der Waals surface area contributed by atoms with Crippen LogP contribution in [0, 0.1) is 11.8 Å². The molecule has 1 aliphatic carbocycles. The molecular weight excluding hydrogens is 230 g/mol. The van der Waals surface area contributed by atoms with Crippen molar-refractivity contribution in [2.75, 3.05) is 7.05 Å². The average Bonchev–Trinajstić information content (AvgIpc) is 2.45. The van der Waals surface area contributed by atoms with Crippen LogP contribution in [0.4, 0.5) is 0 Å². The number of hydrogen-bond acceptors (Lipinski definition) is 1. The summed E-state index contributed by atoms with van der Waals surface area (Å²) in [6.07, 6.45) is 6.78. The molecule has 0 bridgehead atoms. The number of benzene rings is 1. The fourth-order valence-corrected chi connectivity index (χ4v) is 3.54. The molecule has 0 heterocycles. The van der Waals surface area contributed by atoms with Gasteiger partial charge in [-0.05, 0) is 56.0 Å². The molecule has 0 aromatic heterocycles. The summed E-state index contributed by atoms with van der Waals surface area (Å²) in [6.45, 7) is 4.68. The van der Waals surface area contributed by atoms with Crippen LogP contribution in [0.25, 0.3) is 0 Å². The largest absolute Gasteiger partial charge is 0.317 e. The molecule has 0 amide bonds. The number of nitrogens with one attached hydrogen (secondary N) is 1. The molecule has 0 radical (unpaired) electrons. The van der Waals surface area contributed by atoms with Gasteiger partial charge in [0.2, 0.25) is 0 Å². The quantitative estimate of drug-likeness (QED) is 0.815. The van der Waals surface area contributed by atoms with E-state index in [1.807, 2.05) is 0 Å². The Morgan fingerprint density at radius 1 is 1.16 bits per heavy atom. The Hall–Kier alpha value is -0.820. The highest BCUT2D eigenvalue weighted by Gasteiger charge is 2.29. The maximum atomic E-state index is 3.55. The smallest absolute Gasteiger partial charge is 0.00927 e. The molecule has 1 heteroatoms. The molecule has 0 saturated heterocycles. The third-order valence-corrected chi connectivity index (χ3v) is 4.74. The van der Waals surface area contributed by atoms with E-state index in [-0.39, 0.29) is 0 Å². The Labute approximate surface area is 118 Å². The van der Waals surface area contributed by atoms with Crippen molar-refractivity contribution in [2.45, 2.75) is 57.9 Å². The first-order valence-corrected chi connectivity index (χ1v) is 7.93. The molecular formula is C18H29N. The van der Waals surface area contributed by atoms with Crippen LogP contribution in [-0.2, 0) is 0 Å². The zero-order valence-electron chi connectivity index (χ0n) is 12.7. The van der Waals surface area contributed by atoms with Gasteiger partial charge < -0.3 is 5.32 Å². The van der Waals surface area contributed by atoms with Gasteiger partial charge >= 0.3 is 0 Å². The lowest BCUT2D eigenvalue weighted by Gasteiger charge is -2.37. The van der Waals surface area contributed by atoms with Crippen molar-refractivity contribution in [3.8, 4) is 0 Å². The fourth-order valence-electron chi connectivity index (χ4n) is 3.54. The molecule has 3 atom stereocenters. The molecule has 1 aliphatic rings. The van der Waals surface area contributed by atoms with E-state index in [1.165, 1.54) is 32.1 Å². The third kappa shape index (κ3) is 4.07. The maximum Gasteiger partial charge on any atom is 0.00927 e. The monoisotopic (exact) mass is 259 g/mol. The summed E-state index contributed by atoms with van der Waals surface area (Å²) in [5.41, 5.74) is 1.55. The van der Waals surface area contributed by atoms with E-state index in [0.717, 1.165) is 23.8 Å². The molecule has 1 fully saturated rings. The minimum Gasteiger partial charge on any atom is -0.317 e. The molecule has 1 saturated carbocycles.